The summed E-state index contributed by atoms with van der Waals surface area (Å²) in [5.41, 5.74) is 2.05. The standard InChI is InChI=1S/C30H30ClF2N5O2S/c31-21-2-10-26(11-3-21)38-29(40)27(20-28(39)34-24-8-4-22(32)5-9-24)37(30(38)41)15-1-14-35-16-18-36(19-17-35)25-12-6-23(33)7-13-25/h2-13,27H,1,14-20H2,(H,34,39)/t27-/m1/s1. The van der Waals surface area contributed by atoms with Crippen molar-refractivity contribution in [3.8, 4) is 0 Å². The third kappa shape index (κ3) is 7.01. The van der Waals surface area contributed by atoms with Gasteiger partial charge in [0.1, 0.15) is 17.7 Å². The fourth-order valence-electron chi connectivity index (χ4n) is 5.18. The molecule has 0 spiro atoms. The maximum atomic E-state index is 13.6. The molecule has 2 heterocycles. The summed E-state index contributed by atoms with van der Waals surface area (Å²) in [4.78, 5) is 34.4. The molecule has 2 amide bonds. The molecule has 1 atom stereocenters. The van der Waals surface area contributed by atoms with Crippen molar-refractivity contribution in [2.75, 3.05) is 54.4 Å². The Morgan fingerprint density at radius 2 is 1.44 bits per heavy atom. The molecule has 0 aromatic heterocycles. The van der Waals surface area contributed by atoms with Crippen LogP contribution in [0.2, 0.25) is 5.02 Å². The minimum absolute atomic E-state index is 0.100. The van der Waals surface area contributed by atoms with E-state index in [9.17, 15) is 18.4 Å². The van der Waals surface area contributed by atoms with Crippen LogP contribution < -0.4 is 15.1 Å². The first-order valence-electron chi connectivity index (χ1n) is 13.5. The fraction of sp³-hybridized carbons (Fsp3) is 0.300. The maximum Gasteiger partial charge on any atom is 0.256 e. The molecule has 1 N–H and O–H groups in total. The highest BCUT2D eigenvalue weighted by molar-refractivity contribution is 7.80. The van der Waals surface area contributed by atoms with E-state index in [0.717, 1.165) is 44.8 Å². The second-order valence-electron chi connectivity index (χ2n) is 10.1. The average Bonchev–Trinajstić information content (AvgIpc) is 3.19. The number of hydrogen-bond donors (Lipinski definition) is 1. The maximum absolute atomic E-state index is 13.6. The first-order chi connectivity index (χ1) is 19.8. The van der Waals surface area contributed by atoms with Gasteiger partial charge in [-0.25, -0.2) is 8.78 Å². The molecule has 0 radical (unpaired) electrons. The van der Waals surface area contributed by atoms with E-state index in [1.54, 1.807) is 36.4 Å². The molecule has 0 aliphatic carbocycles. The predicted octanol–water partition coefficient (Wildman–Crippen LogP) is 5.16. The van der Waals surface area contributed by atoms with Crippen molar-refractivity contribution in [3.63, 3.8) is 0 Å². The van der Waals surface area contributed by atoms with Crippen LogP contribution in [0.3, 0.4) is 0 Å². The molecule has 11 heteroatoms. The number of benzene rings is 3. The Kier molecular flexibility index (Phi) is 9.12. The van der Waals surface area contributed by atoms with Crippen molar-refractivity contribution in [2.45, 2.75) is 18.9 Å². The Balaban J connectivity index is 1.22. The topological polar surface area (TPSA) is 59.1 Å². The number of nitrogens with one attached hydrogen (secondary N) is 1. The third-order valence-electron chi connectivity index (χ3n) is 7.35. The van der Waals surface area contributed by atoms with Gasteiger partial charge >= 0.3 is 0 Å². The summed E-state index contributed by atoms with van der Waals surface area (Å²) in [6.45, 7) is 4.70. The van der Waals surface area contributed by atoms with Gasteiger partial charge in [0.15, 0.2) is 5.11 Å². The monoisotopic (exact) mass is 597 g/mol. The first-order valence-corrected chi connectivity index (χ1v) is 14.3. The van der Waals surface area contributed by atoms with Gasteiger partial charge in [-0.3, -0.25) is 19.4 Å². The van der Waals surface area contributed by atoms with Crippen LogP contribution in [-0.4, -0.2) is 72.0 Å². The zero-order valence-electron chi connectivity index (χ0n) is 22.3. The van der Waals surface area contributed by atoms with Gasteiger partial charge in [-0.05, 0) is 98.0 Å². The largest absolute Gasteiger partial charge is 0.369 e. The molecule has 0 saturated carbocycles. The highest BCUT2D eigenvalue weighted by atomic mass is 35.5. The van der Waals surface area contributed by atoms with Crippen molar-refractivity contribution in [1.29, 1.82) is 0 Å². The van der Waals surface area contributed by atoms with Gasteiger partial charge in [-0.15, -0.1) is 0 Å². The van der Waals surface area contributed by atoms with E-state index in [4.69, 9.17) is 23.8 Å². The number of rotatable bonds is 9. The molecule has 5 rings (SSSR count). The van der Waals surface area contributed by atoms with Gasteiger partial charge in [0.05, 0.1) is 12.1 Å². The lowest BCUT2D eigenvalue weighted by Gasteiger charge is -2.36. The summed E-state index contributed by atoms with van der Waals surface area (Å²) in [5.74, 6) is -1.29. The lowest BCUT2D eigenvalue weighted by atomic mass is 10.1. The SMILES string of the molecule is O=C(C[C@@H]1C(=O)N(c2ccc(Cl)cc2)C(=S)N1CCCN1CCN(c2ccc(F)cc2)CC1)Nc1ccc(F)cc1. The Bertz CT molecular complexity index is 1380. The van der Waals surface area contributed by atoms with Crippen LogP contribution in [0.15, 0.2) is 72.8 Å². The van der Waals surface area contributed by atoms with Crippen LogP contribution in [0.25, 0.3) is 0 Å². The van der Waals surface area contributed by atoms with Gasteiger partial charge in [0, 0.05) is 49.1 Å². The van der Waals surface area contributed by atoms with E-state index in [0.29, 0.717) is 28.1 Å². The van der Waals surface area contributed by atoms with Crippen LogP contribution >= 0.6 is 23.8 Å². The summed E-state index contributed by atoms with van der Waals surface area (Å²) < 4.78 is 26.6. The molecule has 2 aliphatic heterocycles. The second kappa shape index (κ2) is 12.9. The average molecular weight is 598 g/mol. The Hall–Kier alpha value is -3.60. The summed E-state index contributed by atoms with van der Waals surface area (Å²) in [6.07, 6.45) is 0.644. The van der Waals surface area contributed by atoms with Gasteiger partial charge in [-0.1, -0.05) is 11.6 Å². The Morgan fingerprint density at radius 1 is 0.854 bits per heavy atom. The molecule has 3 aromatic rings. The molecule has 2 saturated heterocycles. The molecular weight excluding hydrogens is 568 g/mol. The molecule has 214 valence electrons. The Morgan fingerprint density at radius 3 is 2.07 bits per heavy atom. The number of carbonyl (C=O) groups is 2. The number of halogens is 3. The molecule has 0 unspecified atom stereocenters. The van der Waals surface area contributed by atoms with Crippen molar-refractivity contribution in [3.05, 3.63) is 89.5 Å². The van der Waals surface area contributed by atoms with Crippen molar-refractivity contribution in [1.82, 2.24) is 9.80 Å². The van der Waals surface area contributed by atoms with Crippen LogP contribution in [-0.2, 0) is 9.59 Å². The lowest BCUT2D eigenvalue weighted by Crippen LogP contribution is -2.47. The highest BCUT2D eigenvalue weighted by Crippen LogP contribution is 2.29. The number of anilines is 3. The quantitative estimate of drug-likeness (QED) is 0.344. The van der Waals surface area contributed by atoms with Crippen LogP contribution in [0.5, 0.6) is 0 Å². The summed E-state index contributed by atoms with van der Waals surface area (Å²) >= 11 is 11.8. The van der Waals surface area contributed by atoms with Crippen LogP contribution in [0.1, 0.15) is 12.8 Å². The predicted molar refractivity (Wildman–Crippen MR) is 161 cm³/mol. The van der Waals surface area contributed by atoms with Crippen molar-refractivity contribution in [2.24, 2.45) is 0 Å². The minimum atomic E-state index is -0.769. The van der Waals surface area contributed by atoms with Gasteiger partial charge < -0.3 is 15.1 Å². The number of amides is 2. The third-order valence-corrected chi connectivity index (χ3v) is 8.02. The second-order valence-corrected chi connectivity index (χ2v) is 10.9. The van der Waals surface area contributed by atoms with Gasteiger partial charge in [-0.2, -0.15) is 0 Å². The molecular formula is C30H30ClF2N5O2S. The van der Waals surface area contributed by atoms with E-state index >= 15 is 0 Å². The molecule has 7 nitrogen and oxygen atoms in total. The number of hydrogen-bond acceptors (Lipinski definition) is 5. The van der Waals surface area contributed by atoms with Gasteiger partial charge in [0.2, 0.25) is 5.91 Å². The van der Waals surface area contributed by atoms with E-state index in [1.807, 2.05) is 4.90 Å². The summed E-state index contributed by atoms with van der Waals surface area (Å²) in [6, 6.07) is 18.1. The fourth-order valence-corrected chi connectivity index (χ4v) is 5.72. The number of carbonyl (C=O) groups excluding carboxylic acids is 2. The molecule has 2 aliphatic rings. The number of nitrogens with zero attached hydrogens (tertiary/aromatic N) is 4. The summed E-state index contributed by atoms with van der Waals surface area (Å²) in [5, 5.41) is 3.63. The van der Waals surface area contributed by atoms with E-state index in [1.165, 1.54) is 41.3 Å². The lowest BCUT2D eigenvalue weighted by molar-refractivity contribution is -0.124. The smallest absolute Gasteiger partial charge is 0.256 e. The Labute approximate surface area is 248 Å². The number of thiocarbonyl (C=S) groups is 1. The van der Waals surface area contributed by atoms with Crippen LogP contribution in [0.4, 0.5) is 25.8 Å². The highest BCUT2D eigenvalue weighted by Gasteiger charge is 2.44. The first kappa shape index (κ1) is 28.9. The van der Waals surface area contributed by atoms with Crippen molar-refractivity contribution < 1.29 is 18.4 Å². The van der Waals surface area contributed by atoms with Gasteiger partial charge in [0.25, 0.3) is 5.91 Å². The van der Waals surface area contributed by atoms with E-state index < -0.39 is 11.9 Å². The zero-order chi connectivity index (χ0) is 28.9. The molecule has 41 heavy (non-hydrogen) atoms. The normalized spacial score (nSPS) is 17.8. The van der Waals surface area contributed by atoms with Crippen LogP contribution in [0, 0.1) is 11.6 Å². The minimum Gasteiger partial charge on any atom is -0.369 e. The van der Waals surface area contributed by atoms with Crippen molar-refractivity contribution >= 4 is 57.8 Å². The molecule has 0 bridgehead atoms. The summed E-state index contributed by atoms with van der Waals surface area (Å²) in [7, 11) is 0. The van der Waals surface area contributed by atoms with E-state index in [-0.39, 0.29) is 24.1 Å². The molecule has 3 aromatic carbocycles. The molecule has 2 fully saturated rings. The number of piperazine rings is 1. The van der Waals surface area contributed by atoms with E-state index in [2.05, 4.69) is 15.1 Å². The zero-order valence-corrected chi connectivity index (χ0v) is 23.9.